The highest BCUT2D eigenvalue weighted by molar-refractivity contribution is 7.11. The Morgan fingerprint density at radius 3 is 2.62 bits per heavy atom. The van der Waals surface area contributed by atoms with E-state index in [0.717, 1.165) is 22.7 Å². The first kappa shape index (κ1) is 14.4. The molecular formula is C17H23N3S. The van der Waals surface area contributed by atoms with Gasteiger partial charge in [0.25, 0.3) is 0 Å². The summed E-state index contributed by atoms with van der Waals surface area (Å²) in [5.41, 5.74) is 8.68. The van der Waals surface area contributed by atoms with Gasteiger partial charge in [0.2, 0.25) is 0 Å². The van der Waals surface area contributed by atoms with E-state index in [1.54, 1.807) is 0 Å². The molecule has 0 amide bonds. The number of aromatic nitrogens is 1. The summed E-state index contributed by atoms with van der Waals surface area (Å²) >= 11 is 1.47. The Morgan fingerprint density at radius 1 is 1.19 bits per heavy atom. The summed E-state index contributed by atoms with van der Waals surface area (Å²) in [4.78, 5) is 0. The van der Waals surface area contributed by atoms with Crippen molar-refractivity contribution in [2.75, 3.05) is 17.6 Å². The van der Waals surface area contributed by atoms with Gasteiger partial charge in [0, 0.05) is 6.54 Å². The summed E-state index contributed by atoms with van der Waals surface area (Å²) in [5.74, 6) is 0.627. The Labute approximate surface area is 130 Å². The van der Waals surface area contributed by atoms with Gasteiger partial charge in [-0.25, -0.2) is 0 Å². The predicted molar refractivity (Wildman–Crippen MR) is 91.6 cm³/mol. The topological polar surface area (TPSA) is 50.9 Å². The fraction of sp³-hybridized carbons (Fsp3) is 0.471. The minimum atomic E-state index is 0.408. The number of hydrogen-bond donors (Lipinski definition) is 2. The summed E-state index contributed by atoms with van der Waals surface area (Å²) in [6.45, 7) is 3.40. The molecule has 1 heterocycles. The zero-order valence-corrected chi connectivity index (χ0v) is 13.4. The molecule has 1 saturated carbocycles. The zero-order chi connectivity index (χ0) is 14.7. The standard InChI is InChI=1S/C17H23N3S/c1-17(10-6-3-7-11-17)12-19-16-14(15(18)20-21-16)13-8-4-2-5-9-13/h2,4-5,8-9,19H,3,6-7,10-12H2,1H3,(H2,18,20). The number of benzene rings is 1. The van der Waals surface area contributed by atoms with E-state index in [9.17, 15) is 0 Å². The Morgan fingerprint density at radius 2 is 1.90 bits per heavy atom. The molecule has 0 bridgehead atoms. The lowest BCUT2D eigenvalue weighted by atomic mass is 9.76. The average molecular weight is 301 g/mol. The lowest BCUT2D eigenvalue weighted by Crippen LogP contribution is -2.28. The highest BCUT2D eigenvalue weighted by Gasteiger charge is 2.27. The average Bonchev–Trinajstić information content (AvgIpc) is 2.88. The maximum Gasteiger partial charge on any atom is 0.147 e. The van der Waals surface area contributed by atoms with E-state index in [0.29, 0.717) is 11.2 Å². The molecule has 1 fully saturated rings. The van der Waals surface area contributed by atoms with Crippen LogP contribution < -0.4 is 11.1 Å². The molecule has 0 atom stereocenters. The van der Waals surface area contributed by atoms with Crippen LogP contribution in [0.2, 0.25) is 0 Å². The van der Waals surface area contributed by atoms with Gasteiger partial charge >= 0.3 is 0 Å². The second kappa shape index (κ2) is 6.06. The Bertz CT molecular complexity index is 585. The van der Waals surface area contributed by atoms with Crippen LogP contribution in [0.15, 0.2) is 30.3 Å². The van der Waals surface area contributed by atoms with Gasteiger partial charge in [-0.1, -0.05) is 56.5 Å². The lowest BCUT2D eigenvalue weighted by molar-refractivity contribution is 0.233. The van der Waals surface area contributed by atoms with Crippen LogP contribution in [-0.2, 0) is 0 Å². The quantitative estimate of drug-likeness (QED) is 0.855. The van der Waals surface area contributed by atoms with Gasteiger partial charge in [-0.3, -0.25) is 0 Å². The van der Waals surface area contributed by atoms with E-state index in [-0.39, 0.29) is 0 Å². The molecule has 0 unspecified atom stereocenters. The van der Waals surface area contributed by atoms with E-state index in [4.69, 9.17) is 5.73 Å². The van der Waals surface area contributed by atoms with Crippen molar-refractivity contribution in [2.24, 2.45) is 5.41 Å². The Hall–Kier alpha value is -1.55. The lowest BCUT2D eigenvalue weighted by Gasteiger charge is -2.33. The Balaban J connectivity index is 1.77. The van der Waals surface area contributed by atoms with Crippen LogP contribution in [0.4, 0.5) is 10.8 Å². The number of nitrogens with two attached hydrogens (primary N) is 1. The molecule has 0 radical (unpaired) electrons. The number of nitrogens with one attached hydrogen (secondary N) is 1. The summed E-state index contributed by atoms with van der Waals surface area (Å²) < 4.78 is 4.34. The van der Waals surface area contributed by atoms with Gasteiger partial charge in [-0.15, -0.1) is 0 Å². The Kier molecular flexibility index (Phi) is 4.15. The SMILES string of the molecule is CC1(CNc2snc(N)c2-c2ccccc2)CCCCC1. The van der Waals surface area contributed by atoms with E-state index >= 15 is 0 Å². The highest BCUT2D eigenvalue weighted by Crippen LogP contribution is 2.40. The number of rotatable bonds is 4. The minimum absolute atomic E-state index is 0.408. The fourth-order valence-corrected chi connectivity index (χ4v) is 3.91. The smallest absolute Gasteiger partial charge is 0.147 e. The third kappa shape index (κ3) is 3.21. The van der Waals surface area contributed by atoms with Gasteiger partial charge in [-0.2, -0.15) is 4.37 Å². The molecule has 1 aliphatic carbocycles. The molecule has 4 heteroatoms. The first-order chi connectivity index (χ1) is 10.2. The van der Waals surface area contributed by atoms with Crippen molar-refractivity contribution in [1.29, 1.82) is 0 Å². The second-order valence-corrected chi connectivity index (χ2v) is 7.14. The molecule has 21 heavy (non-hydrogen) atoms. The first-order valence-electron chi connectivity index (χ1n) is 7.72. The second-order valence-electron chi connectivity index (χ2n) is 6.36. The van der Waals surface area contributed by atoms with Gasteiger partial charge < -0.3 is 11.1 Å². The molecule has 0 spiro atoms. The van der Waals surface area contributed by atoms with Crippen LogP contribution in [0.5, 0.6) is 0 Å². The van der Waals surface area contributed by atoms with Crippen LogP contribution in [0, 0.1) is 5.41 Å². The zero-order valence-electron chi connectivity index (χ0n) is 12.6. The molecule has 0 saturated heterocycles. The van der Waals surface area contributed by atoms with Crippen molar-refractivity contribution in [2.45, 2.75) is 39.0 Å². The van der Waals surface area contributed by atoms with Crippen molar-refractivity contribution in [3.8, 4) is 11.1 Å². The van der Waals surface area contributed by atoms with Gasteiger partial charge in [0.15, 0.2) is 0 Å². The van der Waals surface area contributed by atoms with E-state index in [1.807, 2.05) is 18.2 Å². The van der Waals surface area contributed by atoms with Crippen molar-refractivity contribution in [1.82, 2.24) is 4.37 Å². The molecule has 1 aromatic carbocycles. The third-order valence-electron chi connectivity index (χ3n) is 4.52. The molecule has 1 aliphatic rings. The van der Waals surface area contributed by atoms with Gasteiger partial charge in [0.1, 0.15) is 10.8 Å². The number of anilines is 2. The fourth-order valence-electron chi connectivity index (χ4n) is 3.18. The van der Waals surface area contributed by atoms with Crippen molar-refractivity contribution in [3.63, 3.8) is 0 Å². The molecule has 3 nitrogen and oxygen atoms in total. The molecule has 112 valence electrons. The van der Waals surface area contributed by atoms with Crippen LogP contribution in [-0.4, -0.2) is 10.9 Å². The number of hydrogen-bond acceptors (Lipinski definition) is 4. The molecule has 3 N–H and O–H groups in total. The summed E-state index contributed by atoms with van der Waals surface area (Å²) in [6.07, 6.45) is 6.73. The third-order valence-corrected chi connectivity index (χ3v) is 5.34. The molecule has 0 aliphatic heterocycles. The van der Waals surface area contributed by atoms with Crippen LogP contribution in [0.25, 0.3) is 11.1 Å². The minimum Gasteiger partial charge on any atom is -0.382 e. The highest BCUT2D eigenvalue weighted by atomic mass is 32.1. The van der Waals surface area contributed by atoms with Crippen LogP contribution in [0.3, 0.4) is 0 Å². The molecular weight excluding hydrogens is 278 g/mol. The maximum atomic E-state index is 6.07. The number of nitrogens with zero attached hydrogens (tertiary/aromatic N) is 1. The summed E-state index contributed by atoms with van der Waals surface area (Å²) in [6, 6.07) is 10.3. The van der Waals surface area contributed by atoms with Crippen LogP contribution in [0.1, 0.15) is 39.0 Å². The van der Waals surface area contributed by atoms with E-state index in [2.05, 4.69) is 28.7 Å². The van der Waals surface area contributed by atoms with Crippen LogP contribution >= 0.6 is 11.5 Å². The van der Waals surface area contributed by atoms with Crippen molar-refractivity contribution < 1.29 is 0 Å². The summed E-state index contributed by atoms with van der Waals surface area (Å²) in [7, 11) is 0. The summed E-state index contributed by atoms with van der Waals surface area (Å²) in [5, 5.41) is 4.72. The van der Waals surface area contributed by atoms with E-state index < -0.39 is 0 Å². The molecule has 2 aromatic rings. The predicted octanol–water partition coefficient (Wildman–Crippen LogP) is 4.77. The van der Waals surface area contributed by atoms with E-state index in [1.165, 1.54) is 43.6 Å². The monoisotopic (exact) mass is 301 g/mol. The number of nitrogen functional groups attached to an aromatic ring is 1. The maximum absolute atomic E-state index is 6.07. The largest absolute Gasteiger partial charge is 0.382 e. The molecule has 3 rings (SSSR count). The van der Waals surface area contributed by atoms with Gasteiger partial charge in [-0.05, 0) is 35.4 Å². The molecule has 1 aromatic heterocycles. The normalized spacial score (nSPS) is 17.6. The van der Waals surface area contributed by atoms with Crippen molar-refractivity contribution >= 4 is 22.4 Å². The van der Waals surface area contributed by atoms with Gasteiger partial charge in [0.05, 0.1) is 5.56 Å². The first-order valence-corrected chi connectivity index (χ1v) is 8.50. The van der Waals surface area contributed by atoms with Crippen molar-refractivity contribution in [3.05, 3.63) is 30.3 Å².